The number of sulfonamides is 1. The summed E-state index contributed by atoms with van der Waals surface area (Å²) >= 11 is 3.24. The van der Waals surface area contributed by atoms with Crippen LogP contribution >= 0.6 is 15.9 Å². The largest absolute Gasteiger partial charge is 0.496 e. The third-order valence-electron chi connectivity index (χ3n) is 2.54. The Bertz CT molecular complexity index is 588. The summed E-state index contributed by atoms with van der Waals surface area (Å²) in [7, 11) is -2.43. The summed E-state index contributed by atoms with van der Waals surface area (Å²) in [6.45, 7) is 1.37. The average Bonchev–Trinajstić information content (AvgIpc) is 2.38. The Hall–Kier alpha value is -1.12. The molecule has 0 aliphatic carbocycles. The number of aliphatic carboxylic acids is 1. The van der Waals surface area contributed by atoms with Crippen molar-refractivity contribution in [1.82, 2.24) is 4.31 Å². The topological polar surface area (TPSA) is 83.9 Å². The van der Waals surface area contributed by atoms with Gasteiger partial charge in [-0.15, -0.1) is 0 Å². The second-order valence-corrected chi connectivity index (χ2v) is 6.82. The van der Waals surface area contributed by atoms with E-state index in [1.54, 1.807) is 13.0 Å². The Morgan fingerprint density at radius 3 is 2.60 bits per heavy atom. The highest BCUT2D eigenvalue weighted by atomic mass is 79.9. The summed E-state index contributed by atoms with van der Waals surface area (Å²) in [5, 5.41) is 8.83. The zero-order valence-electron chi connectivity index (χ0n) is 11.2. The molecule has 20 heavy (non-hydrogen) atoms. The molecular formula is C12H16BrNO5S. The van der Waals surface area contributed by atoms with Crippen LogP contribution in [0.5, 0.6) is 5.75 Å². The van der Waals surface area contributed by atoms with Crippen molar-refractivity contribution in [1.29, 1.82) is 0 Å². The summed E-state index contributed by atoms with van der Waals surface area (Å²) in [6, 6.07) is 4.33. The lowest BCUT2D eigenvalue weighted by molar-refractivity contribution is -0.137. The van der Waals surface area contributed by atoms with Gasteiger partial charge in [0.05, 0.1) is 16.5 Å². The van der Waals surface area contributed by atoms with Gasteiger partial charge in [-0.2, -0.15) is 4.31 Å². The number of carboxylic acids is 1. The Kier molecular flexibility index (Phi) is 5.97. The van der Waals surface area contributed by atoms with Gasteiger partial charge in [-0.3, -0.25) is 4.79 Å². The van der Waals surface area contributed by atoms with E-state index in [9.17, 15) is 13.2 Å². The van der Waals surface area contributed by atoms with Crippen molar-refractivity contribution >= 4 is 31.9 Å². The molecule has 6 nitrogen and oxygen atoms in total. The summed E-state index contributed by atoms with van der Waals surface area (Å²) in [5.41, 5.74) is 0. The van der Waals surface area contributed by atoms with Gasteiger partial charge >= 0.3 is 5.97 Å². The monoisotopic (exact) mass is 365 g/mol. The van der Waals surface area contributed by atoms with Crippen LogP contribution in [0.1, 0.15) is 13.3 Å². The number of methoxy groups -OCH3 is 1. The maximum absolute atomic E-state index is 12.4. The van der Waals surface area contributed by atoms with Crippen molar-refractivity contribution in [3.05, 3.63) is 22.7 Å². The van der Waals surface area contributed by atoms with Crippen LogP contribution in [0.3, 0.4) is 0 Å². The number of hydrogen-bond donors (Lipinski definition) is 1. The smallest absolute Gasteiger partial charge is 0.318 e. The van der Waals surface area contributed by atoms with Crippen LogP contribution in [0.25, 0.3) is 0 Å². The molecule has 0 aliphatic heterocycles. The number of nitrogens with zero attached hydrogens (tertiary/aromatic N) is 1. The molecule has 1 N–H and O–H groups in total. The van der Waals surface area contributed by atoms with Crippen LogP contribution in [0.2, 0.25) is 0 Å². The van der Waals surface area contributed by atoms with Crippen LogP contribution in [0.4, 0.5) is 0 Å². The Labute approximate surface area is 126 Å². The van der Waals surface area contributed by atoms with E-state index >= 15 is 0 Å². The first kappa shape index (κ1) is 16.9. The quantitative estimate of drug-likeness (QED) is 0.797. The molecule has 1 aromatic carbocycles. The molecule has 1 rings (SSSR count). The van der Waals surface area contributed by atoms with Gasteiger partial charge in [0.2, 0.25) is 10.0 Å². The van der Waals surface area contributed by atoms with Crippen LogP contribution in [0.15, 0.2) is 27.6 Å². The maximum Gasteiger partial charge on any atom is 0.318 e. The molecule has 0 bridgehead atoms. The number of halogens is 1. The van der Waals surface area contributed by atoms with Crippen LogP contribution in [0, 0.1) is 0 Å². The van der Waals surface area contributed by atoms with E-state index in [1.807, 2.05) is 0 Å². The molecule has 0 heterocycles. The lowest BCUT2D eigenvalue weighted by Gasteiger charge is -2.20. The fourth-order valence-corrected chi connectivity index (χ4v) is 3.54. The van der Waals surface area contributed by atoms with Crippen molar-refractivity contribution in [3.8, 4) is 5.75 Å². The average molecular weight is 366 g/mol. The molecule has 0 fully saturated rings. The minimum absolute atomic E-state index is 0.00671. The summed E-state index contributed by atoms with van der Waals surface area (Å²) in [6.07, 6.45) is 0.528. The van der Waals surface area contributed by atoms with Crippen LogP contribution < -0.4 is 4.74 Å². The predicted octanol–water partition coefficient (Wildman–Crippen LogP) is 1.94. The normalized spacial score (nSPS) is 11.6. The summed E-state index contributed by atoms with van der Waals surface area (Å²) in [4.78, 5) is 10.8. The Morgan fingerprint density at radius 2 is 2.10 bits per heavy atom. The molecule has 0 saturated carbocycles. The molecule has 0 amide bonds. The molecule has 112 valence electrons. The lowest BCUT2D eigenvalue weighted by Crippen LogP contribution is -2.36. The Morgan fingerprint density at radius 1 is 1.45 bits per heavy atom. The zero-order valence-corrected chi connectivity index (χ0v) is 13.6. The first-order chi connectivity index (χ1) is 9.32. The summed E-state index contributed by atoms with van der Waals surface area (Å²) < 4.78 is 31.5. The molecule has 0 aliphatic rings. The number of rotatable bonds is 7. The van der Waals surface area contributed by atoms with E-state index in [2.05, 4.69) is 15.9 Å². The standard InChI is InChI=1S/C12H16BrNO5S/c1-3-6-14(8-12(15)16)20(17,18)9-4-5-10(13)11(7-9)19-2/h4-5,7H,3,6,8H2,1-2H3,(H,15,16). The van der Waals surface area contributed by atoms with Crippen molar-refractivity contribution < 1.29 is 23.1 Å². The maximum atomic E-state index is 12.4. The van der Waals surface area contributed by atoms with E-state index in [-0.39, 0.29) is 11.4 Å². The van der Waals surface area contributed by atoms with Gasteiger partial charge in [-0.25, -0.2) is 8.42 Å². The number of carboxylic acid groups (broad SMARTS) is 1. The molecule has 8 heteroatoms. The first-order valence-electron chi connectivity index (χ1n) is 5.88. The van der Waals surface area contributed by atoms with Gasteiger partial charge < -0.3 is 9.84 Å². The highest BCUT2D eigenvalue weighted by Gasteiger charge is 2.26. The van der Waals surface area contributed by atoms with Crippen molar-refractivity contribution in [3.63, 3.8) is 0 Å². The molecule has 1 aromatic rings. The van der Waals surface area contributed by atoms with Gasteiger partial charge in [0.1, 0.15) is 12.3 Å². The molecule has 0 atom stereocenters. The van der Waals surface area contributed by atoms with Gasteiger partial charge in [0, 0.05) is 12.6 Å². The van der Waals surface area contributed by atoms with Crippen LogP contribution in [-0.4, -0.2) is 44.0 Å². The molecule has 0 unspecified atom stereocenters. The van der Waals surface area contributed by atoms with Crippen molar-refractivity contribution in [2.24, 2.45) is 0 Å². The van der Waals surface area contributed by atoms with Gasteiger partial charge in [0.25, 0.3) is 0 Å². The summed E-state index contributed by atoms with van der Waals surface area (Å²) in [5.74, 6) is -0.816. The van der Waals surface area contributed by atoms with Gasteiger partial charge in [0.15, 0.2) is 0 Å². The third kappa shape index (κ3) is 3.94. The number of benzene rings is 1. The molecule has 0 aromatic heterocycles. The predicted molar refractivity (Wildman–Crippen MR) is 77.4 cm³/mol. The molecular weight excluding hydrogens is 350 g/mol. The minimum atomic E-state index is -3.86. The highest BCUT2D eigenvalue weighted by Crippen LogP contribution is 2.28. The number of ether oxygens (including phenoxy) is 1. The second-order valence-electron chi connectivity index (χ2n) is 4.03. The second kappa shape index (κ2) is 7.05. The van der Waals surface area contributed by atoms with E-state index in [1.165, 1.54) is 19.2 Å². The third-order valence-corrected chi connectivity index (χ3v) is 5.04. The van der Waals surface area contributed by atoms with Crippen LogP contribution in [-0.2, 0) is 14.8 Å². The first-order valence-corrected chi connectivity index (χ1v) is 8.11. The molecule has 0 spiro atoms. The number of hydrogen-bond acceptors (Lipinski definition) is 4. The fourth-order valence-electron chi connectivity index (χ4n) is 1.63. The minimum Gasteiger partial charge on any atom is -0.496 e. The lowest BCUT2D eigenvalue weighted by atomic mass is 10.3. The fraction of sp³-hybridized carbons (Fsp3) is 0.417. The highest BCUT2D eigenvalue weighted by molar-refractivity contribution is 9.10. The molecule has 0 saturated heterocycles. The SMILES string of the molecule is CCCN(CC(=O)O)S(=O)(=O)c1ccc(Br)c(OC)c1. The van der Waals surface area contributed by atoms with E-state index in [0.29, 0.717) is 16.6 Å². The van der Waals surface area contributed by atoms with Gasteiger partial charge in [-0.1, -0.05) is 6.92 Å². The number of carbonyl (C=O) groups is 1. The van der Waals surface area contributed by atoms with Crippen molar-refractivity contribution in [2.75, 3.05) is 20.2 Å². The molecule has 0 radical (unpaired) electrons. The zero-order chi connectivity index (χ0) is 15.3. The van der Waals surface area contributed by atoms with E-state index < -0.39 is 22.5 Å². The van der Waals surface area contributed by atoms with E-state index in [4.69, 9.17) is 9.84 Å². The Balaban J connectivity index is 3.21. The van der Waals surface area contributed by atoms with Gasteiger partial charge in [-0.05, 0) is 34.5 Å². The van der Waals surface area contributed by atoms with Crippen molar-refractivity contribution in [2.45, 2.75) is 18.2 Å². The van der Waals surface area contributed by atoms with E-state index in [0.717, 1.165) is 4.31 Å².